The highest BCUT2D eigenvalue weighted by molar-refractivity contribution is 7.99. The van der Waals surface area contributed by atoms with Crippen LogP contribution >= 0.6 is 11.8 Å². The van der Waals surface area contributed by atoms with E-state index in [4.69, 9.17) is 0 Å². The van der Waals surface area contributed by atoms with E-state index < -0.39 is 0 Å². The van der Waals surface area contributed by atoms with Crippen molar-refractivity contribution in [3.8, 4) is 0 Å². The van der Waals surface area contributed by atoms with E-state index in [2.05, 4.69) is 10.3 Å². The van der Waals surface area contributed by atoms with E-state index in [1.165, 1.54) is 11.8 Å². The number of nitrogens with one attached hydrogen (secondary N) is 1. The number of hydrogen-bond donors (Lipinski definition) is 1. The van der Waals surface area contributed by atoms with Crippen LogP contribution < -0.4 is 5.32 Å². The second-order valence-electron chi connectivity index (χ2n) is 7.28. The molecule has 0 unspecified atom stereocenters. The fourth-order valence-electron chi connectivity index (χ4n) is 3.45. The van der Waals surface area contributed by atoms with Gasteiger partial charge in [0.25, 0.3) is 11.8 Å². The predicted octanol–water partition coefficient (Wildman–Crippen LogP) is 3.53. The van der Waals surface area contributed by atoms with E-state index in [0.29, 0.717) is 34.9 Å². The Morgan fingerprint density at radius 3 is 2.45 bits per heavy atom. The van der Waals surface area contributed by atoms with Gasteiger partial charge in [-0.05, 0) is 57.0 Å². The number of hydrogen-bond acceptors (Lipinski definition) is 5. The lowest BCUT2D eigenvalue weighted by Crippen LogP contribution is -2.30. The summed E-state index contributed by atoms with van der Waals surface area (Å²) in [6.45, 7) is 6.75. The number of anilines is 1. The zero-order chi connectivity index (χ0) is 22.2. The van der Waals surface area contributed by atoms with Gasteiger partial charge in [0.2, 0.25) is 5.91 Å². The predicted molar refractivity (Wildman–Crippen MR) is 122 cm³/mol. The molecule has 1 aliphatic heterocycles. The van der Waals surface area contributed by atoms with Crippen LogP contribution in [0.2, 0.25) is 0 Å². The van der Waals surface area contributed by atoms with Crippen LogP contribution in [0.4, 0.5) is 5.69 Å². The molecule has 0 spiro atoms. The van der Waals surface area contributed by atoms with Crippen LogP contribution in [-0.4, -0.2) is 64.4 Å². The molecule has 8 heteroatoms. The normalized spacial score (nSPS) is 13.2. The Labute approximate surface area is 187 Å². The molecular formula is C23H28N4O3S. The lowest BCUT2D eigenvalue weighted by atomic mass is 10.1. The standard InChI is InChI=1S/C23H28N4O3S/c1-3-26(4-2)22(29)17-8-7-9-19(14-17)25-20(28)16-31-21-11-10-18(15-24-21)23(30)27-12-5-6-13-27/h7-11,14-15H,3-6,12-13,16H2,1-2H3,(H,25,28). The summed E-state index contributed by atoms with van der Waals surface area (Å²) < 4.78 is 0. The summed E-state index contributed by atoms with van der Waals surface area (Å²) in [4.78, 5) is 45.1. The van der Waals surface area contributed by atoms with E-state index in [0.717, 1.165) is 25.9 Å². The van der Waals surface area contributed by atoms with Crippen molar-refractivity contribution >= 4 is 35.2 Å². The Balaban J connectivity index is 1.52. The number of pyridine rings is 1. The van der Waals surface area contributed by atoms with Gasteiger partial charge in [0.1, 0.15) is 0 Å². The van der Waals surface area contributed by atoms with E-state index >= 15 is 0 Å². The van der Waals surface area contributed by atoms with Crippen molar-refractivity contribution in [2.75, 3.05) is 37.2 Å². The highest BCUT2D eigenvalue weighted by Gasteiger charge is 2.19. The largest absolute Gasteiger partial charge is 0.339 e. The average molecular weight is 441 g/mol. The number of benzene rings is 1. The molecule has 3 amide bonds. The van der Waals surface area contributed by atoms with Gasteiger partial charge in [0.05, 0.1) is 16.3 Å². The quantitative estimate of drug-likeness (QED) is 0.635. The lowest BCUT2D eigenvalue weighted by molar-refractivity contribution is -0.113. The summed E-state index contributed by atoms with van der Waals surface area (Å²) in [5.41, 5.74) is 1.71. The molecule has 0 aliphatic carbocycles. The summed E-state index contributed by atoms with van der Waals surface area (Å²) in [7, 11) is 0. The van der Waals surface area contributed by atoms with Crippen molar-refractivity contribution in [1.29, 1.82) is 0 Å². The average Bonchev–Trinajstić information content (AvgIpc) is 3.33. The number of carbonyl (C=O) groups excluding carboxylic acids is 3. The molecule has 0 atom stereocenters. The molecule has 1 N–H and O–H groups in total. The Morgan fingerprint density at radius 1 is 1.06 bits per heavy atom. The summed E-state index contributed by atoms with van der Waals surface area (Å²) in [6.07, 6.45) is 3.67. The maximum atomic E-state index is 12.5. The third-order valence-corrected chi connectivity index (χ3v) is 6.12. The van der Waals surface area contributed by atoms with Gasteiger partial charge in [0.15, 0.2) is 0 Å². The minimum Gasteiger partial charge on any atom is -0.339 e. The Kier molecular flexibility index (Phi) is 8.06. The summed E-state index contributed by atoms with van der Waals surface area (Å²) >= 11 is 1.30. The Morgan fingerprint density at radius 2 is 1.81 bits per heavy atom. The number of thioether (sulfide) groups is 1. The van der Waals surface area contributed by atoms with Crippen molar-refractivity contribution in [3.05, 3.63) is 53.7 Å². The Hall–Kier alpha value is -2.87. The molecule has 2 heterocycles. The highest BCUT2D eigenvalue weighted by atomic mass is 32.2. The van der Waals surface area contributed by atoms with Crippen molar-refractivity contribution in [1.82, 2.24) is 14.8 Å². The first-order chi connectivity index (χ1) is 15.0. The molecule has 3 rings (SSSR count). The number of aromatic nitrogens is 1. The monoisotopic (exact) mass is 440 g/mol. The van der Waals surface area contributed by atoms with Crippen molar-refractivity contribution in [3.63, 3.8) is 0 Å². The topological polar surface area (TPSA) is 82.6 Å². The van der Waals surface area contributed by atoms with E-state index in [1.54, 1.807) is 47.5 Å². The number of amides is 3. The second kappa shape index (κ2) is 10.9. The van der Waals surface area contributed by atoms with E-state index in [9.17, 15) is 14.4 Å². The third-order valence-electron chi connectivity index (χ3n) is 5.17. The summed E-state index contributed by atoms with van der Waals surface area (Å²) in [6, 6.07) is 10.5. The first kappa shape index (κ1) is 22.8. The van der Waals surface area contributed by atoms with Crippen LogP contribution in [0.5, 0.6) is 0 Å². The smallest absolute Gasteiger partial charge is 0.255 e. The minimum absolute atomic E-state index is 0.0124. The summed E-state index contributed by atoms with van der Waals surface area (Å²) in [5, 5.41) is 3.51. The Bertz CT molecular complexity index is 923. The van der Waals surface area contributed by atoms with Crippen LogP contribution in [0.15, 0.2) is 47.6 Å². The van der Waals surface area contributed by atoms with Gasteiger partial charge in [-0.2, -0.15) is 0 Å². The molecule has 31 heavy (non-hydrogen) atoms. The van der Waals surface area contributed by atoms with Crippen molar-refractivity contribution in [2.45, 2.75) is 31.7 Å². The first-order valence-electron chi connectivity index (χ1n) is 10.6. The van der Waals surface area contributed by atoms with Gasteiger partial charge in [-0.15, -0.1) is 0 Å². The van der Waals surface area contributed by atoms with Gasteiger partial charge >= 0.3 is 0 Å². The number of carbonyl (C=O) groups is 3. The molecule has 164 valence electrons. The molecule has 7 nitrogen and oxygen atoms in total. The molecule has 2 aromatic rings. The molecule has 1 aromatic heterocycles. The van der Waals surface area contributed by atoms with Gasteiger partial charge in [-0.3, -0.25) is 14.4 Å². The van der Waals surface area contributed by atoms with E-state index in [1.807, 2.05) is 18.7 Å². The number of likely N-dealkylation sites (tertiary alicyclic amines) is 1. The molecule has 1 fully saturated rings. The number of nitrogens with zero attached hydrogens (tertiary/aromatic N) is 3. The molecular weight excluding hydrogens is 412 g/mol. The van der Waals surface area contributed by atoms with Gasteiger partial charge in [0, 0.05) is 43.6 Å². The SMILES string of the molecule is CCN(CC)C(=O)c1cccc(NC(=O)CSc2ccc(C(=O)N3CCCC3)cn2)c1. The van der Waals surface area contributed by atoms with Gasteiger partial charge < -0.3 is 15.1 Å². The van der Waals surface area contributed by atoms with Crippen molar-refractivity contribution in [2.24, 2.45) is 0 Å². The van der Waals surface area contributed by atoms with E-state index in [-0.39, 0.29) is 23.5 Å². The molecule has 1 aliphatic rings. The molecule has 1 saturated heterocycles. The van der Waals surface area contributed by atoms with Crippen molar-refractivity contribution < 1.29 is 14.4 Å². The lowest BCUT2D eigenvalue weighted by Gasteiger charge is -2.19. The molecule has 1 aromatic carbocycles. The first-order valence-corrected chi connectivity index (χ1v) is 11.6. The zero-order valence-corrected chi connectivity index (χ0v) is 18.8. The number of rotatable bonds is 8. The van der Waals surface area contributed by atoms with Crippen LogP contribution in [0.3, 0.4) is 0 Å². The second-order valence-corrected chi connectivity index (χ2v) is 8.28. The van der Waals surface area contributed by atoms with Gasteiger partial charge in [-0.25, -0.2) is 4.98 Å². The minimum atomic E-state index is -0.184. The maximum Gasteiger partial charge on any atom is 0.255 e. The van der Waals surface area contributed by atoms with Crippen LogP contribution in [0.1, 0.15) is 47.4 Å². The maximum absolute atomic E-state index is 12.5. The van der Waals surface area contributed by atoms with Crippen LogP contribution in [0.25, 0.3) is 0 Å². The molecule has 0 radical (unpaired) electrons. The highest BCUT2D eigenvalue weighted by Crippen LogP contribution is 2.19. The molecule has 0 bridgehead atoms. The molecule has 0 saturated carbocycles. The fourth-order valence-corrected chi connectivity index (χ4v) is 4.10. The zero-order valence-electron chi connectivity index (χ0n) is 18.0. The van der Waals surface area contributed by atoms with Crippen LogP contribution in [0, 0.1) is 0 Å². The van der Waals surface area contributed by atoms with Crippen LogP contribution in [-0.2, 0) is 4.79 Å². The summed E-state index contributed by atoms with van der Waals surface area (Å²) in [5.74, 6) is -0.0428. The third kappa shape index (κ3) is 6.07. The van der Waals surface area contributed by atoms with Gasteiger partial charge in [-0.1, -0.05) is 17.8 Å². The fraction of sp³-hybridized carbons (Fsp3) is 0.391.